The molecule has 1 atom stereocenters. The summed E-state index contributed by atoms with van der Waals surface area (Å²) in [4.78, 5) is 14.2. The van der Waals surface area contributed by atoms with Crippen LogP contribution in [0.15, 0.2) is 54.6 Å². The van der Waals surface area contributed by atoms with Gasteiger partial charge in [0.05, 0.1) is 17.7 Å². The summed E-state index contributed by atoms with van der Waals surface area (Å²) in [5.74, 6) is 0.516. The summed E-state index contributed by atoms with van der Waals surface area (Å²) in [6, 6.07) is 21.0. The normalized spacial score (nSPS) is 16.1. The molecule has 0 bridgehead atoms. The number of nitrogens with zero attached hydrogens (tertiary/aromatic N) is 2. The van der Waals surface area contributed by atoms with Crippen molar-refractivity contribution < 1.29 is 4.79 Å². The summed E-state index contributed by atoms with van der Waals surface area (Å²) >= 11 is 0. The first kappa shape index (κ1) is 19.9. The maximum Gasteiger partial charge on any atom is 0.219 e. The molecule has 1 aliphatic rings. The number of benzene rings is 3. The molecule has 0 fully saturated rings. The molecule has 1 heterocycles. The first-order valence-electron chi connectivity index (χ1n) is 10.5. The Hall–Kier alpha value is -3.38. The van der Waals surface area contributed by atoms with Crippen molar-refractivity contribution in [3.05, 3.63) is 82.4 Å². The number of hydrogen-bond donors (Lipinski definition) is 0. The van der Waals surface area contributed by atoms with E-state index in [9.17, 15) is 4.79 Å². The third kappa shape index (κ3) is 3.86. The molecule has 0 aromatic heterocycles. The molecule has 3 heteroatoms. The fourth-order valence-electron chi connectivity index (χ4n) is 4.47. The Bertz CT molecular complexity index is 1180. The molecule has 0 aliphatic carbocycles. The van der Waals surface area contributed by atoms with Gasteiger partial charge in [0.1, 0.15) is 0 Å². The molecule has 3 aromatic rings. The molecule has 150 valence electrons. The van der Waals surface area contributed by atoms with Crippen LogP contribution in [-0.2, 0) is 11.2 Å². The van der Waals surface area contributed by atoms with Gasteiger partial charge in [-0.1, -0.05) is 56.3 Å². The van der Waals surface area contributed by atoms with Crippen molar-refractivity contribution >= 4 is 28.8 Å². The lowest BCUT2D eigenvalue weighted by Gasteiger charge is -2.39. The number of amides is 1. The highest BCUT2D eigenvalue weighted by molar-refractivity contribution is 5.87. The summed E-state index contributed by atoms with van der Waals surface area (Å²) in [6.07, 6.45) is 5.17. The van der Waals surface area contributed by atoms with E-state index in [0.717, 1.165) is 34.9 Å². The number of rotatable bonds is 3. The van der Waals surface area contributed by atoms with Gasteiger partial charge in [-0.25, -0.2) is 0 Å². The summed E-state index contributed by atoms with van der Waals surface area (Å²) in [6.45, 7) is 6.84. The van der Waals surface area contributed by atoms with Gasteiger partial charge in [0.25, 0.3) is 0 Å². The Kier molecular flexibility index (Phi) is 5.42. The van der Waals surface area contributed by atoms with Gasteiger partial charge in [-0.15, -0.1) is 0 Å². The topological polar surface area (TPSA) is 44.1 Å². The van der Waals surface area contributed by atoms with Crippen LogP contribution in [0.5, 0.6) is 0 Å². The highest BCUT2D eigenvalue weighted by Crippen LogP contribution is 2.36. The third-order valence-corrected chi connectivity index (χ3v) is 5.94. The highest BCUT2D eigenvalue weighted by atomic mass is 16.2. The molecule has 30 heavy (non-hydrogen) atoms. The van der Waals surface area contributed by atoms with E-state index in [2.05, 4.69) is 68.5 Å². The van der Waals surface area contributed by atoms with Crippen LogP contribution in [0.4, 0.5) is 0 Å². The van der Waals surface area contributed by atoms with Crippen LogP contribution in [0.1, 0.15) is 54.6 Å². The van der Waals surface area contributed by atoms with Crippen molar-refractivity contribution in [2.24, 2.45) is 5.92 Å². The van der Waals surface area contributed by atoms with E-state index in [1.807, 2.05) is 23.1 Å². The second-order valence-corrected chi connectivity index (χ2v) is 8.38. The predicted octanol–water partition coefficient (Wildman–Crippen LogP) is 5.98. The van der Waals surface area contributed by atoms with Gasteiger partial charge in [-0.3, -0.25) is 4.79 Å². The van der Waals surface area contributed by atoms with Gasteiger partial charge in [0.15, 0.2) is 0 Å². The molecule has 1 unspecified atom stereocenters. The SMILES string of the molecule is CC(=O)N1CCc2ccc(/C=C/c3ccc4cc(C#N)ccc4c3)cc2C1C(C)C. The molecule has 3 nitrogen and oxygen atoms in total. The standard InChI is InChI=1S/C27H26N2O/c1-18(2)27-26-16-21(6-9-23(26)12-13-29(27)19(3)30)5-4-20-7-10-25-15-22(17-28)8-11-24(25)14-20/h4-11,14-16,18,27H,12-13H2,1-3H3/b5-4+. The van der Waals surface area contributed by atoms with E-state index < -0.39 is 0 Å². The van der Waals surface area contributed by atoms with Crippen LogP contribution in [0, 0.1) is 17.2 Å². The molecule has 4 rings (SSSR count). The second-order valence-electron chi connectivity index (χ2n) is 8.38. The Labute approximate surface area is 178 Å². The lowest BCUT2D eigenvalue weighted by Crippen LogP contribution is -2.41. The fraction of sp³-hybridized carbons (Fsp3) is 0.259. The minimum absolute atomic E-state index is 0.134. The molecule has 0 saturated carbocycles. The van der Waals surface area contributed by atoms with Crippen LogP contribution < -0.4 is 0 Å². The average molecular weight is 395 g/mol. The molecule has 3 aromatic carbocycles. The lowest BCUT2D eigenvalue weighted by molar-refractivity contribution is -0.132. The lowest BCUT2D eigenvalue weighted by atomic mass is 9.85. The Morgan fingerprint density at radius 3 is 2.40 bits per heavy atom. The number of hydrogen-bond acceptors (Lipinski definition) is 2. The number of fused-ring (bicyclic) bond motifs is 2. The summed E-state index contributed by atoms with van der Waals surface area (Å²) < 4.78 is 0. The van der Waals surface area contributed by atoms with E-state index >= 15 is 0 Å². The van der Waals surface area contributed by atoms with Gasteiger partial charge in [0.2, 0.25) is 5.91 Å². The highest BCUT2D eigenvalue weighted by Gasteiger charge is 2.31. The molecule has 0 spiro atoms. The first-order chi connectivity index (χ1) is 14.5. The summed E-state index contributed by atoms with van der Waals surface area (Å²) in [5.41, 5.74) is 5.57. The molecule has 1 amide bonds. The maximum absolute atomic E-state index is 12.2. The minimum atomic E-state index is 0.134. The van der Waals surface area contributed by atoms with Crippen LogP contribution in [-0.4, -0.2) is 17.4 Å². The zero-order valence-electron chi connectivity index (χ0n) is 17.7. The molecule has 0 saturated heterocycles. The van der Waals surface area contributed by atoms with E-state index in [4.69, 9.17) is 5.26 Å². The fourth-order valence-corrected chi connectivity index (χ4v) is 4.47. The van der Waals surface area contributed by atoms with Gasteiger partial charge in [0, 0.05) is 13.5 Å². The molecular weight excluding hydrogens is 368 g/mol. The second kappa shape index (κ2) is 8.16. The Balaban J connectivity index is 1.64. The number of nitriles is 1. The van der Waals surface area contributed by atoms with E-state index in [0.29, 0.717) is 11.5 Å². The van der Waals surface area contributed by atoms with Crippen LogP contribution >= 0.6 is 0 Å². The van der Waals surface area contributed by atoms with Crippen molar-refractivity contribution in [2.45, 2.75) is 33.2 Å². The average Bonchev–Trinajstić information content (AvgIpc) is 2.75. The van der Waals surface area contributed by atoms with E-state index in [1.54, 1.807) is 6.92 Å². The van der Waals surface area contributed by atoms with Crippen LogP contribution in [0.3, 0.4) is 0 Å². The largest absolute Gasteiger partial charge is 0.335 e. The van der Waals surface area contributed by atoms with Crippen molar-refractivity contribution in [1.82, 2.24) is 4.90 Å². The van der Waals surface area contributed by atoms with Gasteiger partial charge >= 0.3 is 0 Å². The van der Waals surface area contributed by atoms with Crippen molar-refractivity contribution in [2.75, 3.05) is 6.54 Å². The summed E-state index contributed by atoms with van der Waals surface area (Å²) in [7, 11) is 0. The van der Waals surface area contributed by atoms with Crippen molar-refractivity contribution in [1.29, 1.82) is 5.26 Å². The van der Waals surface area contributed by atoms with E-state index in [-0.39, 0.29) is 11.9 Å². The number of carbonyl (C=O) groups is 1. The molecule has 0 N–H and O–H groups in total. The van der Waals surface area contributed by atoms with E-state index in [1.165, 1.54) is 11.1 Å². The summed E-state index contributed by atoms with van der Waals surface area (Å²) in [5, 5.41) is 11.3. The van der Waals surface area contributed by atoms with Gasteiger partial charge < -0.3 is 4.90 Å². The number of carbonyl (C=O) groups excluding carboxylic acids is 1. The van der Waals surface area contributed by atoms with Crippen molar-refractivity contribution in [3.8, 4) is 6.07 Å². The maximum atomic E-state index is 12.2. The van der Waals surface area contributed by atoms with Gasteiger partial charge in [-0.2, -0.15) is 5.26 Å². The Morgan fingerprint density at radius 1 is 1.03 bits per heavy atom. The van der Waals surface area contributed by atoms with Gasteiger partial charge in [-0.05, 0) is 69.6 Å². The zero-order chi connectivity index (χ0) is 21.3. The molecule has 1 aliphatic heterocycles. The third-order valence-electron chi connectivity index (χ3n) is 5.94. The van der Waals surface area contributed by atoms with Crippen molar-refractivity contribution in [3.63, 3.8) is 0 Å². The predicted molar refractivity (Wildman–Crippen MR) is 123 cm³/mol. The zero-order valence-corrected chi connectivity index (χ0v) is 17.7. The Morgan fingerprint density at radius 2 is 1.70 bits per heavy atom. The molecule has 0 radical (unpaired) electrons. The first-order valence-corrected chi connectivity index (χ1v) is 10.5. The smallest absolute Gasteiger partial charge is 0.219 e. The van der Waals surface area contributed by atoms with Crippen LogP contribution in [0.2, 0.25) is 0 Å². The monoisotopic (exact) mass is 394 g/mol. The minimum Gasteiger partial charge on any atom is -0.335 e. The van der Waals surface area contributed by atoms with Crippen LogP contribution in [0.25, 0.3) is 22.9 Å². The molecular formula is C27H26N2O. The quantitative estimate of drug-likeness (QED) is 0.513.